The van der Waals surface area contributed by atoms with Gasteiger partial charge in [0.1, 0.15) is 23.2 Å². The third-order valence-electron chi connectivity index (χ3n) is 1.64. The van der Waals surface area contributed by atoms with E-state index >= 15 is 0 Å². The molecule has 0 unspecified atom stereocenters. The van der Waals surface area contributed by atoms with Gasteiger partial charge in [-0.25, -0.2) is 4.99 Å². The zero-order chi connectivity index (χ0) is 11.3. The lowest BCUT2D eigenvalue weighted by molar-refractivity contribution is 0.834. The van der Waals surface area contributed by atoms with E-state index in [0.717, 1.165) is 0 Å². The van der Waals surface area contributed by atoms with Gasteiger partial charge < -0.3 is 4.57 Å². The van der Waals surface area contributed by atoms with Crippen LogP contribution in [0.15, 0.2) is 35.1 Å². The number of hydrogen-bond acceptors (Lipinski definition) is 3. The smallest absolute Gasteiger partial charge is 0.147 e. The molecular formula is C10H7ClN4. The first-order chi connectivity index (χ1) is 7.17. The number of aryl methyl sites for hydroxylation is 1. The summed E-state index contributed by atoms with van der Waals surface area (Å²) < 4.78 is 1.70. The summed E-state index contributed by atoms with van der Waals surface area (Å²) >= 11 is 5.75. The van der Waals surface area contributed by atoms with Crippen LogP contribution in [0.5, 0.6) is 0 Å². The van der Waals surface area contributed by atoms with Crippen molar-refractivity contribution in [2.45, 2.75) is 0 Å². The van der Waals surface area contributed by atoms with Crippen molar-refractivity contribution < 1.29 is 0 Å². The van der Waals surface area contributed by atoms with E-state index in [2.05, 4.69) is 4.99 Å². The highest BCUT2D eigenvalue weighted by Crippen LogP contribution is 2.01. The number of halogens is 1. The zero-order valence-electron chi connectivity index (χ0n) is 7.98. The van der Waals surface area contributed by atoms with Crippen LogP contribution in [0, 0.1) is 22.7 Å². The maximum Gasteiger partial charge on any atom is 0.147 e. The Balaban J connectivity index is 3.20. The highest BCUT2D eigenvalue weighted by atomic mass is 35.5. The number of aromatic nitrogens is 1. The first kappa shape index (κ1) is 11.0. The lowest BCUT2D eigenvalue weighted by Gasteiger charge is -1.98. The zero-order valence-corrected chi connectivity index (χ0v) is 8.73. The predicted octanol–water partition coefficient (Wildman–Crippen LogP) is 1.51. The van der Waals surface area contributed by atoms with Crippen LogP contribution in [0.3, 0.4) is 0 Å². The van der Waals surface area contributed by atoms with Crippen molar-refractivity contribution in [3.8, 4) is 12.1 Å². The van der Waals surface area contributed by atoms with Gasteiger partial charge in [0.05, 0.1) is 11.2 Å². The number of allylic oxidation sites excluding steroid dienone is 1. The van der Waals surface area contributed by atoms with Crippen LogP contribution in [0.4, 0.5) is 0 Å². The summed E-state index contributed by atoms with van der Waals surface area (Å²) in [6.45, 7) is 0. The molecule has 1 aromatic heterocycles. The first-order valence-electron chi connectivity index (χ1n) is 4.04. The van der Waals surface area contributed by atoms with Gasteiger partial charge in [-0.2, -0.15) is 10.5 Å². The molecule has 0 aliphatic rings. The molecule has 0 bridgehead atoms. The van der Waals surface area contributed by atoms with E-state index in [-0.39, 0.29) is 5.57 Å². The van der Waals surface area contributed by atoms with Gasteiger partial charge in [0.15, 0.2) is 0 Å². The first-order valence-corrected chi connectivity index (χ1v) is 4.41. The maximum atomic E-state index is 8.49. The van der Waals surface area contributed by atoms with Crippen LogP contribution in [0.2, 0.25) is 5.02 Å². The molecule has 15 heavy (non-hydrogen) atoms. The molecule has 4 nitrogen and oxygen atoms in total. The Bertz CT molecular complexity index is 524. The molecule has 0 amide bonds. The van der Waals surface area contributed by atoms with Crippen molar-refractivity contribution in [1.29, 1.82) is 10.5 Å². The lowest BCUT2D eigenvalue weighted by Crippen LogP contribution is -2.15. The summed E-state index contributed by atoms with van der Waals surface area (Å²) in [5.41, 5.74) is 0.576. The third kappa shape index (κ3) is 2.98. The highest BCUT2D eigenvalue weighted by molar-refractivity contribution is 6.30. The van der Waals surface area contributed by atoms with Gasteiger partial charge in [-0.3, -0.25) is 0 Å². The molecule has 0 radical (unpaired) electrons. The Morgan fingerprint density at radius 3 is 2.67 bits per heavy atom. The van der Waals surface area contributed by atoms with Crippen LogP contribution < -0.4 is 5.49 Å². The molecule has 5 heteroatoms. The average Bonchev–Trinajstić information content (AvgIpc) is 2.22. The van der Waals surface area contributed by atoms with Crippen molar-refractivity contribution in [2.75, 3.05) is 0 Å². The molecule has 0 saturated heterocycles. The fourth-order valence-electron chi connectivity index (χ4n) is 0.913. The topological polar surface area (TPSA) is 64.9 Å². The Labute approximate surface area is 92.0 Å². The van der Waals surface area contributed by atoms with E-state index in [0.29, 0.717) is 10.5 Å². The fraction of sp³-hybridized carbons (Fsp3) is 0.100. The fourth-order valence-corrected chi connectivity index (χ4v) is 1.12. The summed E-state index contributed by atoms with van der Waals surface area (Å²) in [5, 5.41) is 17.6. The van der Waals surface area contributed by atoms with Crippen molar-refractivity contribution in [2.24, 2.45) is 12.0 Å². The molecule has 0 aromatic carbocycles. The number of rotatable bonds is 1. The molecule has 0 fully saturated rings. The van der Waals surface area contributed by atoms with Crippen molar-refractivity contribution in [1.82, 2.24) is 4.57 Å². The van der Waals surface area contributed by atoms with E-state index in [1.165, 1.54) is 6.20 Å². The minimum absolute atomic E-state index is 0.0371. The van der Waals surface area contributed by atoms with Crippen LogP contribution in [-0.2, 0) is 7.05 Å². The second kappa shape index (κ2) is 4.99. The Morgan fingerprint density at radius 2 is 2.13 bits per heavy atom. The van der Waals surface area contributed by atoms with Gasteiger partial charge in [0.25, 0.3) is 0 Å². The van der Waals surface area contributed by atoms with Gasteiger partial charge in [0.2, 0.25) is 0 Å². The normalized spacial score (nSPS) is 10.3. The van der Waals surface area contributed by atoms with Gasteiger partial charge in [-0.15, -0.1) is 0 Å². The third-order valence-corrected chi connectivity index (χ3v) is 1.86. The highest BCUT2D eigenvalue weighted by Gasteiger charge is 1.91. The molecule has 0 saturated carbocycles. The SMILES string of the molecule is Cn1cc(Cl)ccc1=NC=C(C#N)C#N. The van der Waals surface area contributed by atoms with Gasteiger partial charge in [-0.05, 0) is 12.1 Å². The van der Waals surface area contributed by atoms with Crippen LogP contribution in [0.1, 0.15) is 0 Å². The summed E-state index contributed by atoms with van der Waals surface area (Å²) in [5.74, 6) is 0. The molecule has 0 N–H and O–H groups in total. The Morgan fingerprint density at radius 1 is 1.47 bits per heavy atom. The van der Waals surface area contributed by atoms with Crippen molar-refractivity contribution in [3.63, 3.8) is 0 Å². The number of pyridine rings is 1. The second-order valence-electron chi connectivity index (χ2n) is 2.71. The molecule has 1 heterocycles. The number of nitriles is 2. The van der Waals surface area contributed by atoms with E-state index in [4.69, 9.17) is 22.1 Å². The summed E-state index contributed by atoms with van der Waals surface area (Å²) in [6, 6.07) is 6.83. The van der Waals surface area contributed by atoms with E-state index < -0.39 is 0 Å². The van der Waals surface area contributed by atoms with Crippen molar-refractivity contribution in [3.05, 3.63) is 40.6 Å². The van der Waals surface area contributed by atoms with Gasteiger partial charge >= 0.3 is 0 Å². The summed E-state index contributed by atoms with van der Waals surface area (Å²) in [7, 11) is 1.77. The maximum absolute atomic E-state index is 8.49. The monoisotopic (exact) mass is 218 g/mol. The number of nitrogens with zero attached hydrogens (tertiary/aromatic N) is 4. The molecular weight excluding hydrogens is 212 g/mol. The van der Waals surface area contributed by atoms with Crippen LogP contribution in [0.25, 0.3) is 0 Å². The predicted molar refractivity (Wildman–Crippen MR) is 55.3 cm³/mol. The second-order valence-corrected chi connectivity index (χ2v) is 3.15. The Hall–Kier alpha value is -2.04. The van der Waals surface area contributed by atoms with E-state index in [1.54, 1.807) is 42.1 Å². The standard InChI is InChI=1S/C10H7ClN4/c1-15-7-9(11)2-3-10(15)14-6-8(4-12)5-13/h2-3,6-7H,1H3. The molecule has 0 spiro atoms. The number of hydrogen-bond donors (Lipinski definition) is 0. The molecule has 1 aromatic rings. The van der Waals surface area contributed by atoms with Gasteiger partial charge in [-0.1, -0.05) is 11.6 Å². The lowest BCUT2D eigenvalue weighted by atomic mass is 10.4. The van der Waals surface area contributed by atoms with Crippen LogP contribution >= 0.6 is 11.6 Å². The van der Waals surface area contributed by atoms with Crippen molar-refractivity contribution >= 4 is 11.6 Å². The minimum Gasteiger partial charge on any atom is -0.335 e. The molecule has 0 atom stereocenters. The average molecular weight is 219 g/mol. The summed E-state index contributed by atoms with van der Waals surface area (Å²) in [4.78, 5) is 3.99. The minimum atomic E-state index is -0.0371. The largest absolute Gasteiger partial charge is 0.335 e. The summed E-state index contributed by atoms with van der Waals surface area (Å²) in [6.07, 6.45) is 2.91. The molecule has 1 rings (SSSR count). The van der Waals surface area contributed by atoms with E-state index in [9.17, 15) is 0 Å². The van der Waals surface area contributed by atoms with E-state index in [1.807, 2.05) is 0 Å². The molecule has 0 aliphatic carbocycles. The molecule has 74 valence electrons. The molecule has 0 aliphatic heterocycles. The quantitative estimate of drug-likeness (QED) is 0.671. The van der Waals surface area contributed by atoms with Crippen LogP contribution in [-0.4, -0.2) is 4.57 Å². The van der Waals surface area contributed by atoms with Gasteiger partial charge in [0, 0.05) is 13.2 Å². The Kier molecular flexibility index (Phi) is 3.68.